The van der Waals surface area contributed by atoms with Crippen molar-refractivity contribution in [3.05, 3.63) is 12.2 Å². The fraction of sp³-hybridized carbons (Fsp3) is 0.625. The lowest BCUT2D eigenvalue weighted by Crippen LogP contribution is -2.15. The molecular formula is C8H8O2. The summed E-state index contributed by atoms with van der Waals surface area (Å²) in [5.41, 5.74) is 0. The third-order valence-electron chi connectivity index (χ3n) is 2.77. The zero-order chi connectivity index (χ0) is 6.72. The Hall–Kier alpha value is -0.630. The smallest absolute Gasteiger partial charge is 0.171 e. The number of carbonyl (C=O) groups is 1. The van der Waals surface area contributed by atoms with Crippen LogP contribution in [0, 0.1) is 11.8 Å². The van der Waals surface area contributed by atoms with Crippen molar-refractivity contribution in [2.45, 2.75) is 18.6 Å². The maximum absolute atomic E-state index is 11.3. The van der Waals surface area contributed by atoms with Gasteiger partial charge in [-0.2, -0.15) is 0 Å². The van der Waals surface area contributed by atoms with Gasteiger partial charge in [0.05, 0.1) is 6.10 Å². The summed E-state index contributed by atoms with van der Waals surface area (Å²) in [5, 5.41) is 0. The normalized spacial score (nSPS) is 55.0. The van der Waals surface area contributed by atoms with Crippen molar-refractivity contribution in [1.82, 2.24) is 0 Å². The Labute approximate surface area is 58.9 Å². The highest BCUT2D eigenvalue weighted by molar-refractivity contribution is 5.93. The van der Waals surface area contributed by atoms with Gasteiger partial charge in [-0.05, 0) is 6.42 Å². The van der Waals surface area contributed by atoms with Crippen molar-refractivity contribution >= 4 is 5.78 Å². The lowest BCUT2D eigenvalue weighted by atomic mass is 9.98. The predicted octanol–water partition coefficient (Wildman–Crippen LogP) is 0.529. The molecule has 1 saturated heterocycles. The van der Waals surface area contributed by atoms with E-state index in [1.807, 2.05) is 6.08 Å². The van der Waals surface area contributed by atoms with Crippen molar-refractivity contribution in [1.29, 1.82) is 0 Å². The molecule has 4 atom stereocenters. The third kappa shape index (κ3) is 0.399. The number of fused-ring (bicyclic) bond motifs is 3. The summed E-state index contributed by atoms with van der Waals surface area (Å²) in [6, 6.07) is 0. The number of hydrogen-bond acceptors (Lipinski definition) is 2. The molecule has 0 aromatic rings. The van der Waals surface area contributed by atoms with Crippen LogP contribution in [0.25, 0.3) is 0 Å². The molecule has 1 aliphatic heterocycles. The Morgan fingerprint density at radius 2 is 2.50 bits per heavy atom. The van der Waals surface area contributed by atoms with E-state index in [0.29, 0.717) is 17.8 Å². The number of ketones is 1. The van der Waals surface area contributed by atoms with Gasteiger partial charge in [0.25, 0.3) is 0 Å². The molecule has 0 aromatic carbocycles. The highest BCUT2D eigenvalue weighted by atomic mass is 16.6. The number of Topliss-reactive ketones (excluding diaryl/α,β-unsaturated/α-hetero) is 1. The number of allylic oxidation sites excluding steroid dienone is 2. The van der Waals surface area contributed by atoms with E-state index in [-0.39, 0.29) is 12.0 Å². The molecule has 0 N–H and O–H groups in total. The van der Waals surface area contributed by atoms with Crippen molar-refractivity contribution in [2.75, 3.05) is 0 Å². The summed E-state index contributed by atoms with van der Waals surface area (Å²) >= 11 is 0. The first-order chi connectivity index (χ1) is 4.88. The Bertz CT molecular complexity index is 231. The molecule has 0 radical (unpaired) electrons. The van der Waals surface area contributed by atoms with Gasteiger partial charge >= 0.3 is 0 Å². The number of ether oxygens (including phenoxy) is 1. The van der Waals surface area contributed by atoms with Crippen LogP contribution >= 0.6 is 0 Å². The molecule has 2 fully saturated rings. The number of epoxide rings is 1. The highest BCUT2D eigenvalue weighted by Gasteiger charge is 2.61. The molecule has 0 bridgehead atoms. The first kappa shape index (κ1) is 5.08. The minimum atomic E-state index is -0.0000463. The summed E-state index contributed by atoms with van der Waals surface area (Å²) in [7, 11) is 0. The van der Waals surface area contributed by atoms with Gasteiger partial charge in [0, 0.05) is 11.8 Å². The summed E-state index contributed by atoms with van der Waals surface area (Å²) < 4.78 is 5.19. The molecule has 0 spiro atoms. The van der Waals surface area contributed by atoms with Crippen LogP contribution in [-0.4, -0.2) is 18.0 Å². The molecule has 2 nitrogen and oxygen atoms in total. The van der Waals surface area contributed by atoms with E-state index in [1.54, 1.807) is 0 Å². The summed E-state index contributed by atoms with van der Waals surface area (Å²) in [5.74, 6) is 1.06. The molecule has 0 aromatic heterocycles. The average Bonchev–Trinajstić information content (AvgIpc) is 2.48. The lowest BCUT2D eigenvalue weighted by Gasteiger charge is -2.08. The second-order valence-corrected chi connectivity index (χ2v) is 3.28. The molecule has 52 valence electrons. The van der Waals surface area contributed by atoms with E-state index in [4.69, 9.17) is 4.74 Å². The van der Waals surface area contributed by atoms with Crippen LogP contribution in [0.4, 0.5) is 0 Å². The van der Waals surface area contributed by atoms with Crippen LogP contribution in [-0.2, 0) is 9.53 Å². The van der Waals surface area contributed by atoms with Crippen LogP contribution in [0.5, 0.6) is 0 Å². The maximum atomic E-state index is 11.3. The molecule has 2 aliphatic carbocycles. The van der Waals surface area contributed by atoms with Crippen molar-refractivity contribution in [3.63, 3.8) is 0 Å². The molecule has 10 heavy (non-hydrogen) atoms. The molecule has 1 saturated carbocycles. The molecule has 3 aliphatic rings. The van der Waals surface area contributed by atoms with Gasteiger partial charge in [0.1, 0.15) is 6.10 Å². The molecule has 0 amide bonds. The maximum Gasteiger partial charge on any atom is 0.171 e. The molecule has 3 rings (SSSR count). The molecule has 1 heterocycles. The van der Waals surface area contributed by atoms with E-state index < -0.39 is 0 Å². The van der Waals surface area contributed by atoms with Gasteiger partial charge in [-0.3, -0.25) is 4.79 Å². The Morgan fingerprint density at radius 3 is 3.30 bits per heavy atom. The van der Waals surface area contributed by atoms with Gasteiger partial charge < -0.3 is 4.74 Å². The Morgan fingerprint density at radius 1 is 1.60 bits per heavy atom. The summed E-state index contributed by atoms with van der Waals surface area (Å²) in [6.07, 6.45) is 5.50. The minimum absolute atomic E-state index is 0.0000463. The Balaban J connectivity index is 2.03. The second-order valence-electron chi connectivity index (χ2n) is 3.28. The third-order valence-corrected chi connectivity index (χ3v) is 2.77. The van der Waals surface area contributed by atoms with Crippen molar-refractivity contribution in [3.8, 4) is 0 Å². The van der Waals surface area contributed by atoms with E-state index in [1.165, 1.54) is 0 Å². The minimum Gasteiger partial charge on any atom is -0.361 e. The molecule has 2 heteroatoms. The van der Waals surface area contributed by atoms with E-state index in [2.05, 4.69) is 6.08 Å². The molecule has 0 unspecified atom stereocenters. The van der Waals surface area contributed by atoms with Crippen LogP contribution in [0.2, 0.25) is 0 Å². The summed E-state index contributed by atoms with van der Waals surface area (Å²) in [4.78, 5) is 11.3. The number of hydrogen-bond donors (Lipinski definition) is 0. The van der Waals surface area contributed by atoms with E-state index >= 15 is 0 Å². The average molecular weight is 136 g/mol. The van der Waals surface area contributed by atoms with Crippen LogP contribution in [0.15, 0.2) is 12.2 Å². The number of carbonyl (C=O) groups excluding carboxylic acids is 1. The van der Waals surface area contributed by atoms with Crippen LogP contribution < -0.4 is 0 Å². The standard InChI is InChI=1S/C8H8O2/c9-6-4-2-1-3-5(4)7-8(6)10-7/h1-2,4-5,7-8H,3H2/t4-,5+,7-,8+/m0/s1. The zero-order valence-electron chi connectivity index (χ0n) is 5.49. The first-order valence-electron chi connectivity index (χ1n) is 3.74. The van der Waals surface area contributed by atoms with Crippen LogP contribution in [0.1, 0.15) is 6.42 Å². The van der Waals surface area contributed by atoms with E-state index in [9.17, 15) is 4.79 Å². The second kappa shape index (κ2) is 1.35. The van der Waals surface area contributed by atoms with Crippen molar-refractivity contribution < 1.29 is 9.53 Å². The largest absolute Gasteiger partial charge is 0.361 e. The zero-order valence-corrected chi connectivity index (χ0v) is 5.49. The van der Waals surface area contributed by atoms with Gasteiger partial charge in [0.15, 0.2) is 5.78 Å². The predicted molar refractivity (Wildman–Crippen MR) is 34.4 cm³/mol. The van der Waals surface area contributed by atoms with E-state index in [0.717, 1.165) is 6.42 Å². The van der Waals surface area contributed by atoms with Gasteiger partial charge in [-0.15, -0.1) is 0 Å². The quantitative estimate of drug-likeness (QED) is 0.359. The highest BCUT2D eigenvalue weighted by Crippen LogP contribution is 2.49. The monoisotopic (exact) mass is 136 g/mol. The lowest BCUT2D eigenvalue weighted by molar-refractivity contribution is -0.123. The Kier molecular flexibility index (Phi) is 0.684. The topological polar surface area (TPSA) is 29.6 Å². The SMILES string of the molecule is O=C1[C@H]2C=CC[C@H]2[C@@H]2O[C@H]12. The van der Waals surface area contributed by atoms with Crippen LogP contribution in [0.3, 0.4) is 0 Å². The first-order valence-corrected chi connectivity index (χ1v) is 3.74. The molecular weight excluding hydrogens is 128 g/mol. The fourth-order valence-electron chi connectivity index (χ4n) is 2.18. The van der Waals surface area contributed by atoms with Gasteiger partial charge in [0.2, 0.25) is 0 Å². The van der Waals surface area contributed by atoms with Crippen molar-refractivity contribution in [2.24, 2.45) is 11.8 Å². The summed E-state index contributed by atoms with van der Waals surface area (Å²) in [6.45, 7) is 0. The number of rotatable bonds is 0. The van der Waals surface area contributed by atoms with Gasteiger partial charge in [-0.1, -0.05) is 12.2 Å². The van der Waals surface area contributed by atoms with Gasteiger partial charge in [-0.25, -0.2) is 0 Å². The fourth-order valence-corrected chi connectivity index (χ4v) is 2.18.